The Labute approximate surface area is 143 Å². The molecule has 1 aliphatic heterocycles. The predicted molar refractivity (Wildman–Crippen MR) is 95.1 cm³/mol. The second-order valence-electron chi connectivity index (χ2n) is 6.18. The lowest BCUT2D eigenvalue weighted by atomic mass is 10.1. The average Bonchev–Trinajstić information content (AvgIpc) is 3.13. The zero-order chi connectivity index (χ0) is 16.8. The first-order chi connectivity index (χ1) is 11.8. The van der Waals surface area contributed by atoms with E-state index in [4.69, 9.17) is 4.74 Å². The number of carbonyl (C=O) groups is 1. The van der Waals surface area contributed by atoms with Crippen LogP contribution in [0.4, 0.5) is 0 Å². The van der Waals surface area contributed by atoms with Crippen molar-refractivity contribution >= 4 is 5.91 Å². The molecular formula is C20H24N2O2. The minimum atomic E-state index is -0.0517. The topological polar surface area (TPSA) is 41.6 Å². The normalized spacial score (nSPS) is 14.5. The highest BCUT2D eigenvalue weighted by atomic mass is 16.5. The molecule has 0 aromatic heterocycles. The largest absolute Gasteiger partial charge is 0.496 e. The first-order valence-electron chi connectivity index (χ1n) is 8.47. The van der Waals surface area contributed by atoms with Crippen molar-refractivity contribution < 1.29 is 9.53 Å². The fourth-order valence-corrected chi connectivity index (χ4v) is 3.14. The molecule has 0 atom stereocenters. The van der Waals surface area contributed by atoms with E-state index in [2.05, 4.69) is 16.3 Å². The number of benzene rings is 2. The summed E-state index contributed by atoms with van der Waals surface area (Å²) in [5.41, 5.74) is 2.88. The van der Waals surface area contributed by atoms with Crippen LogP contribution in [0.15, 0.2) is 48.5 Å². The summed E-state index contributed by atoms with van der Waals surface area (Å²) in [6.07, 6.45) is 2.55. The number of ether oxygens (including phenoxy) is 1. The van der Waals surface area contributed by atoms with Crippen LogP contribution in [-0.4, -0.2) is 31.0 Å². The summed E-state index contributed by atoms with van der Waals surface area (Å²) in [5.74, 6) is 0.741. The maximum absolute atomic E-state index is 12.4. The second kappa shape index (κ2) is 7.97. The van der Waals surface area contributed by atoms with Crippen molar-refractivity contribution in [3.05, 3.63) is 65.2 Å². The minimum absolute atomic E-state index is 0.0517. The lowest BCUT2D eigenvalue weighted by Gasteiger charge is -2.15. The van der Waals surface area contributed by atoms with Gasteiger partial charge in [-0.25, -0.2) is 0 Å². The molecule has 3 rings (SSSR count). The number of rotatable bonds is 6. The molecule has 2 aromatic rings. The van der Waals surface area contributed by atoms with Gasteiger partial charge in [0.15, 0.2) is 0 Å². The number of hydrogen-bond donors (Lipinski definition) is 1. The van der Waals surface area contributed by atoms with Crippen LogP contribution >= 0.6 is 0 Å². The van der Waals surface area contributed by atoms with Crippen LogP contribution in [0.5, 0.6) is 5.75 Å². The molecule has 126 valence electrons. The van der Waals surface area contributed by atoms with Crippen molar-refractivity contribution in [1.29, 1.82) is 0 Å². The molecule has 0 saturated carbocycles. The summed E-state index contributed by atoms with van der Waals surface area (Å²) < 4.78 is 5.32. The van der Waals surface area contributed by atoms with Gasteiger partial charge in [0, 0.05) is 24.2 Å². The molecule has 4 heteroatoms. The molecule has 4 nitrogen and oxygen atoms in total. The van der Waals surface area contributed by atoms with Gasteiger partial charge in [-0.1, -0.05) is 30.3 Å². The first-order valence-corrected chi connectivity index (χ1v) is 8.47. The van der Waals surface area contributed by atoms with E-state index in [1.54, 1.807) is 7.11 Å². The van der Waals surface area contributed by atoms with Crippen LogP contribution in [0, 0.1) is 0 Å². The Bertz CT molecular complexity index is 694. The van der Waals surface area contributed by atoms with E-state index in [1.165, 1.54) is 18.4 Å². The summed E-state index contributed by atoms with van der Waals surface area (Å²) in [4.78, 5) is 14.9. The van der Waals surface area contributed by atoms with Crippen molar-refractivity contribution in [2.24, 2.45) is 0 Å². The fraction of sp³-hybridized carbons (Fsp3) is 0.350. The van der Waals surface area contributed by atoms with E-state index in [0.29, 0.717) is 12.1 Å². The molecule has 1 amide bonds. The molecule has 2 aromatic carbocycles. The number of nitrogens with zero attached hydrogens (tertiary/aromatic N) is 1. The van der Waals surface area contributed by atoms with Crippen LogP contribution in [-0.2, 0) is 13.1 Å². The third kappa shape index (κ3) is 4.15. The number of amides is 1. The third-order valence-electron chi connectivity index (χ3n) is 4.43. The maximum Gasteiger partial charge on any atom is 0.251 e. The van der Waals surface area contributed by atoms with E-state index in [9.17, 15) is 4.79 Å². The number of methoxy groups -OCH3 is 1. The Morgan fingerprint density at radius 3 is 2.71 bits per heavy atom. The van der Waals surface area contributed by atoms with Crippen LogP contribution in [0.2, 0.25) is 0 Å². The molecule has 0 spiro atoms. The van der Waals surface area contributed by atoms with Gasteiger partial charge in [-0.05, 0) is 49.7 Å². The molecule has 0 unspecified atom stereocenters. The Kier molecular flexibility index (Phi) is 5.49. The van der Waals surface area contributed by atoms with Crippen molar-refractivity contribution in [3.63, 3.8) is 0 Å². The van der Waals surface area contributed by atoms with Crippen molar-refractivity contribution in [1.82, 2.24) is 10.2 Å². The molecule has 1 heterocycles. The minimum Gasteiger partial charge on any atom is -0.496 e. The molecule has 0 aliphatic carbocycles. The highest BCUT2D eigenvalue weighted by Crippen LogP contribution is 2.17. The predicted octanol–water partition coefficient (Wildman–Crippen LogP) is 3.22. The summed E-state index contributed by atoms with van der Waals surface area (Å²) in [7, 11) is 1.64. The van der Waals surface area contributed by atoms with Crippen LogP contribution in [0.3, 0.4) is 0 Å². The molecule has 0 bridgehead atoms. The molecule has 0 radical (unpaired) electrons. The van der Waals surface area contributed by atoms with Gasteiger partial charge in [-0.15, -0.1) is 0 Å². The highest BCUT2D eigenvalue weighted by molar-refractivity contribution is 5.94. The smallest absolute Gasteiger partial charge is 0.251 e. The lowest BCUT2D eigenvalue weighted by molar-refractivity contribution is 0.0950. The number of hydrogen-bond acceptors (Lipinski definition) is 3. The number of nitrogens with one attached hydrogen (secondary N) is 1. The Hall–Kier alpha value is -2.33. The monoisotopic (exact) mass is 324 g/mol. The van der Waals surface area contributed by atoms with Gasteiger partial charge in [-0.2, -0.15) is 0 Å². The van der Waals surface area contributed by atoms with Crippen LogP contribution < -0.4 is 10.1 Å². The van der Waals surface area contributed by atoms with Crippen molar-refractivity contribution in [2.75, 3.05) is 20.2 Å². The zero-order valence-corrected chi connectivity index (χ0v) is 14.1. The molecule has 1 saturated heterocycles. The molecule has 1 N–H and O–H groups in total. The summed E-state index contributed by atoms with van der Waals surface area (Å²) in [6.45, 7) is 3.70. The Morgan fingerprint density at radius 2 is 1.92 bits per heavy atom. The van der Waals surface area contributed by atoms with Gasteiger partial charge in [-0.3, -0.25) is 9.69 Å². The van der Waals surface area contributed by atoms with Crippen molar-refractivity contribution in [3.8, 4) is 5.75 Å². The summed E-state index contributed by atoms with van der Waals surface area (Å²) in [6, 6.07) is 15.6. The second-order valence-corrected chi connectivity index (χ2v) is 6.18. The van der Waals surface area contributed by atoms with Gasteiger partial charge in [0.25, 0.3) is 5.91 Å². The van der Waals surface area contributed by atoms with E-state index in [1.807, 2.05) is 42.5 Å². The standard InChI is InChI=1S/C20H24N2O2/c1-24-19-10-3-2-8-18(19)14-21-20(23)17-9-6-7-16(13-17)15-22-11-4-5-12-22/h2-3,6-10,13H,4-5,11-12,14-15H2,1H3,(H,21,23). The molecule has 1 aliphatic rings. The van der Waals surface area contributed by atoms with E-state index in [0.717, 1.165) is 30.9 Å². The van der Waals surface area contributed by atoms with E-state index in [-0.39, 0.29) is 5.91 Å². The number of para-hydroxylation sites is 1. The highest BCUT2D eigenvalue weighted by Gasteiger charge is 2.13. The fourth-order valence-electron chi connectivity index (χ4n) is 3.14. The Balaban J connectivity index is 1.62. The molecule has 1 fully saturated rings. The third-order valence-corrected chi connectivity index (χ3v) is 4.43. The van der Waals surface area contributed by atoms with Gasteiger partial charge in [0.2, 0.25) is 0 Å². The number of carbonyl (C=O) groups excluding carboxylic acids is 1. The van der Waals surface area contributed by atoms with E-state index < -0.39 is 0 Å². The van der Waals surface area contributed by atoms with E-state index >= 15 is 0 Å². The Morgan fingerprint density at radius 1 is 1.12 bits per heavy atom. The first kappa shape index (κ1) is 16.5. The summed E-state index contributed by atoms with van der Waals surface area (Å²) >= 11 is 0. The van der Waals surface area contributed by atoms with Gasteiger partial charge < -0.3 is 10.1 Å². The van der Waals surface area contributed by atoms with Gasteiger partial charge in [0.05, 0.1) is 7.11 Å². The summed E-state index contributed by atoms with van der Waals surface area (Å²) in [5, 5.41) is 2.98. The maximum atomic E-state index is 12.4. The zero-order valence-electron chi connectivity index (χ0n) is 14.1. The van der Waals surface area contributed by atoms with Crippen molar-refractivity contribution in [2.45, 2.75) is 25.9 Å². The molecular weight excluding hydrogens is 300 g/mol. The van der Waals surface area contributed by atoms with Crippen LogP contribution in [0.25, 0.3) is 0 Å². The SMILES string of the molecule is COc1ccccc1CNC(=O)c1cccc(CN2CCCC2)c1. The van der Waals surface area contributed by atoms with Gasteiger partial charge in [0.1, 0.15) is 5.75 Å². The van der Waals surface area contributed by atoms with Gasteiger partial charge >= 0.3 is 0 Å². The molecule has 24 heavy (non-hydrogen) atoms. The quantitative estimate of drug-likeness (QED) is 0.887. The number of likely N-dealkylation sites (tertiary alicyclic amines) is 1. The van der Waals surface area contributed by atoms with Crippen LogP contribution in [0.1, 0.15) is 34.3 Å². The average molecular weight is 324 g/mol. The lowest BCUT2D eigenvalue weighted by Crippen LogP contribution is -2.23.